The van der Waals surface area contributed by atoms with Crippen molar-refractivity contribution in [2.24, 2.45) is 0 Å². The Morgan fingerprint density at radius 3 is 2.85 bits per heavy atom. The maximum absolute atomic E-state index is 11.9. The van der Waals surface area contributed by atoms with Crippen LogP contribution in [0.5, 0.6) is 0 Å². The van der Waals surface area contributed by atoms with Crippen molar-refractivity contribution in [3.05, 3.63) is 29.8 Å². The van der Waals surface area contributed by atoms with E-state index in [1.54, 1.807) is 4.90 Å². The van der Waals surface area contributed by atoms with Crippen LogP contribution in [0.1, 0.15) is 24.3 Å². The van der Waals surface area contributed by atoms with Gasteiger partial charge in [-0.15, -0.1) is 0 Å². The molecule has 0 radical (unpaired) electrons. The van der Waals surface area contributed by atoms with E-state index in [9.17, 15) is 9.59 Å². The molecule has 2 fully saturated rings. The molecule has 0 saturated carbocycles. The van der Waals surface area contributed by atoms with E-state index in [4.69, 9.17) is 0 Å². The van der Waals surface area contributed by atoms with Crippen molar-refractivity contribution >= 4 is 17.5 Å². The van der Waals surface area contributed by atoms with Crippen molar-refractivity contribution < 1.29 is 9.59 Å². The lowest BCUT2D eigenvalue weighted by Crippen LogP contribution is -2.30. The fourth-order valence-electron chi connectivity index (χ4n) is 2.88. The maximum Gasteiger partial charge on any atom is 0.244 e. The molecular weight excluding hydrogens is 254 g/mol. The topological polar surface area (TPSA) is 61.4 Å². The van der Waals surface area contributed by atoms with Crippen LogP contribution < -0.4 is 10.6 Å². The molecule has 3 rings (SSSR count). The molecule has 2 heterocycles. The number of carbonyl (C=O) groups is 2. The number of amides is 2. The Labute approximate surface area is 118 Å². The first-order valence-electron chi connectivity index (χ1n) is 7.01. The largest absolute Gasteiger partial charge is 0.374 e. The summed E-state index contributed by atoms with van der Waals surface area (Å²) in [7, 11) is 1.83. The maximum atomic E-state index is 11.9. The van der Waals surface area contributed by atoms with E-state index in [0.29, 0.717) is 13.0 Å². The van der Waals surface area contributed by atoms with Gasteiger partial charge in [0.1, 0.15) is 6.04 Å². The summed E-state index contributed by atoms with van der Waals surface area (Å²) in [5.74, 6) is 0.500. The first-order valence-corrected chi connectivity index (χ1v) is 7.01. The molecule has 2 aliphatic rings. The van der Waals surface area contributed by atoms with Crippen LogP contribution in [0.4, 0.5) is 5.69 Å². The van der Waals surface area contributed by atoms with Gasteiger partial charge < -0.3 is 15.5 Å². The molecule has 0 spiro atoms. The minimum absolute atomic E-state index is 0.112. The number of carbonyl (C=O) groups excluding carboxylic acids is 2. The molecule has 5 nitrogen and oxygen atoms in total. The van der Waals surface area contributed by atoms with Gasteiger partial charge in [-0.05, 0) is 24.1 Å². The molecule has 0 aromatic heterocycles. The van der Waals surface area contributed by atoms with Crippen molar-refractivity contribution in [1.82, 2.24) is 10.2 Å². The number of anilines is 1. The lowest BCUT2D eigenvalue weighted by Gasteiger charge is -2.15. The quantitative estimate of drug-likeness (QED) is 0.861. The Kier molecular flexibility index (Phi) is 3.34. The molecule has 2 unspecified atom stereocenters. The molecular formula is C15H19N3O2. The SMILES string of the molecule is CN1CCC(Nc2cccc(C3CNC(=O)C3)c2)C1=O. The number of likely N-dealkylation sites (tertiary alicyclic amines) is 1. The molecule has 2 amide bonds. The van der Waals surface area contributed by atoms with Crippen molar-refractivity contribution in [2.75, 3.05) is 25.5 Å². The number of likely N-dealkylation sites (N-methyl/N-ethyl adjacent to an activating group) is 1. The Bertz CT molecular complexity index is 544. The number of nitrogens with one attached hydrogen (secondary N) is 2. The second kappa shape index (κ2) is 5.15. The summed E-state index contributed by atoms with van der Waals surface area (Å²) in [5.41, 5.74) is 2.10. The molecule has 2 aliphatic heterocycles. The Morgan fingerprint density at radius 2 is 2.20 bits per heavy atom. The zero-order chi connectivity index (χ0) is 14.1. The van der Waals surface area contributed by atoms with Gasteiger partial charge in [-0.1, -0.05) is 12.1 Å². The van der Waals surface area contributed by atoms with Gasteiger partial charge in [0.05, 0.1) is 0 Å². The Morgan fingerprint density at radius 1 is 1.35 bits per heavy atom. The van der Waals surface area contributed by atoms with Crippen molar-refractivity contribution in [1.29, 1.82) is 0 Å². The average molecular weight is 273 g/mol. The highest BCUT2D eigenvalue weighted by Gasteiger charge is 2.29. The van der Waals surface area contributed by atoms with Gasteiger partial charge in [-0.3, -0.25) is 9.59 Å². The molecule has 20 heavy (non-hydrogen) atoms. The van der Waals surface area contributed by atoms with Crippen LogP contribution in [0.15, 0.2) is 24.3 Å². The van der Waals surface area contributed by atoms with E-state index in [-0.39, 0.29) is 23.8 Å². The number of nitrogens with zero attached hydrogens (tertiary/aromatic N) is 1. The molecule has 5 heteroatoms. The predicted octanol–water partition coefficient (Wildman–Crippen LogP) is 0.933. The van der Waals surface area contributed by atoms with Gasteiger partial charge >= 0.3 is 0 Å². The third kappa shape index (κ3) is 2.48. The number of hydrogen-bond donors (Lipinski definition) is 2. The van der Waals surface area contributed by atoms with Crippen LogP contribution >= 0.6 is 0 Å². The number of hydrogen-bond acceptors (Lipinski definition) is 3. The summed E-state index contributed by atoms with van der Waals surface area (Å²) in [6.45, 7) is 1.50. The molecule has 1 aromatic rings. The Balaban J connectivity index is 1.71. The number of rotatable bonds is 3. The fraction of sp³-hybridized carbons (Fsp3) is 0.467. The van der Waals surface area contributed by atoms with Crippen molar-refractivity contribution in [3.63, 3.8) is 0 Å². The third-order valence-corrected chi connectivity index (χ3v) is 4.10. The van der Waals surface area contributed by atoms with Gasteiger partial charge in [-0.2, -0.15) is 0 Å². The summed E-state index contributed by atoms with van der Waals surface area (Å²) in [6.07, 6.45) is 1.39. The predicted molar refractivity (Wildman–Crippen MR) is 76.5 cm³/mol. The number of benzene rings is 1. The lowest BCUT2D eigenvalue weighted by molar-refractivity contribution is -0.127. The second-order valence-electron chi connectivity index (χ2n) is 5.58. The first kappa shape index (κ1) is 13.0. The van der Waals surface area contributed by atoms with E-state index in [1.165, 1.54) is 0 Å². The van der Waals surface area contributed by atoms with Crippen LogP contribution in [0.25, 0.3) is 0 Å². The highest BCUT2D eigenvalue weighted by molar-refractivity contribution is 5.86. The minimum Gasteiger partial charge on any atom is -0.374 e. The summed E-state index contributed by atoms with van der Waals surface area (Å²) in [6, 6.07) is 7.91. The van der Waals surface area contributed by atoms with Crippen LogP contribution in [0.2, 0.25) is 0 Å². The molecule has 2 N–H and O–H groups in total. The van der Waals surface area contributed by atoms with Crippen molar-refractivity contribution in [2.45, 2.75) is 24.8 Å². The molecule has 2 saturated heterocycles. The minimum atomic E-state index is -0.126. The summed E-state index contributed by atoms with van der Waals surface area (Å²) in [4.78, 5) is 24.9. The van der Waals surface area contributed by atoms with Crippen LogP contribution in [0.3, 0.4) is 0 Å². The van der Waals surface area contributed by atoms with Gasteiger partial charge in [0, 0.05) is 38.2 Å². The molecule has 0 bridgehead atoms. The smallest absolute Gasteiger partial charge is 0.244 e. The summed E-state index contributed by atoms with van der Waals surface area (Å²) < 4.78 is 0. The third-order valence-electron chi connectivity index (χ3n) is 4.10. The Hall–Kier alpha value is -2.04. The fourth-order valence-corrected chi connectivity index (χ4v) is 2.88. The van der Waals surface area contributed by atoms with E-state index < -0.39 is 0 Å². The molecule has 2 atom stereocenters. The zero-order valence-electron chi connectivity index (χ0n) is 11.6. The van der Waals surface area contributed by atoms with E-state index in [1.807, 2.05) is 25.2 Å². The van der Waals surface area contributed by atoms with E-state index >= 15 is 0 Å². The first-order chi connectivity index (χ1) is 9.63. The summed E-state index contributed by atoms with van der Waals surface area (Å²) >= 11 is 0. The summed E-state index contributed by atoms with van der Waals surface area (Å²) in [5, 5.41) is 6.15. The normalized spacial score (nSPS) is 25.9. The molecule has 106 valence electrons. The molecule has 1 aromatic carbocycles. The van der Waals surface area contributed by atoms with Gasteiger partial charge in [0.25, 0.3) is 0 Å². The van der Waals surface area contributed by atoms with Crippen molar-refractivity contribution in [3.8, 4) is 0 Å². The van der Waals surface area contributed by atoms with Gasteiger partial charge in [-0.25, -0.2) is 0 Å². The van der Waals surface area contributed by atoms with Crippen LogP contribution in [-0.2, 0) is 9.59 Å². The van der Waals surface area contributed by atoms with Crippen LogP contribution in [-0.4, -0.2) is 42.9 Å². The van der Waals surface area contributed by atoms with E-state index in [2.05, 4.69) is 16.7 Å². The molecule has 0 aliphatic carbocycles. The standard InChI is InChI=1S/C15H19N3O2/c1-18-6-5-13(15(18)20)17-12-4-2-3-10(7-12)11-8-14(19)16-9-11/h2-4,7,11,13,17H,5-6,8-9H2,1H3,(H,16,19). The zero-order valence-corrected chi connectivity index (χ0v) is 11.6. The van der Waals surface area contributed by atoms with Gasteiger partial charge in [0.2, 0.25) is 11.8 Å². The van der Waals surface area contributed by atoms with Crippen LogP contribution in [0, 0.1) is 0 Å². The van der Waals surface area contributed by atoms with Gasteiger partial charge in [0.15, 0.2) is 0 Å². The monoisotopic (exact) mass is 273 g/mol. The lowest BCUT2D eigenvalue weighted by atomic mass is 9.98. The second-order valence-corrected chi connectivity index (χ2v) is 5.58. The highest BCUT2D eigenvalue weighted by Crippen LogP contribution is 2.26. The average Bonchev–Trinajstić information content (AvgIpc) is 3.00. The van der Waals surface area contributed by atoms with E-state index in [0.717, 1.165) is 24.2 Å². The highest BCUT2D eigenvalue weighted by atomic mass is 16.2.